The Kier molecular flexibility index (Phi) is 6.67. The first-order valence-corrected chi connectivity index (χ1v) is 7.90. The van der Waals surface area contributed by atoms with Gasteiger partial charge in [-0.15, -0.1) is 0 Å². The minimum Gasteiger partial charge on any atom is -0.490 e. The van der Waals surface area contributed by atoms with Crippen LogP contribution in [0.5, 0.6) is 5.75 Å². The van der Waals surface area contributed by atoms with Crippen molar-refractivity contribution in [3.05, 3.63) is 28.2 Å². The van der Waals surface area contributed by atoms with Gasteiger partial charge in [0.25, 0.3) is 0 Å². The lowest BCUT2D eigenvalue weighted by atomic mass is 9.82. The summed E-state index contributed by atoms with van der Waals surface area (Å²) in [6, 6.07) is 6.30. The first-order valence-electron chi connectivity index (χ1n) is 5.99. The fourth-order valence-electron chi connectivity index (χ4n) is 1.65. The van der Waals surface area contributed by atoms with E-state index in [1.54, 1.807) is 7.11 Å². The SMILES string of the molecule is COCCOc1ccc(C(C)(C)CCBr)cc1Br. The van der Waals surface area contributed by atoms with Crippen molar-refractivity contribution in [3.8, 4) is 5.75 Å². The molecule has 0 aliphatic carbocycles. The zero-order valence-electron chi connectivity index (χ0n) is 11.1. The number of hydrogen-bond acceptors (Lipinski definition) is 2. The molecule has 1 rings (SSSR count). The third-order valence-electron chi connectivity index (χ3n) is 2.98. The highest BCUT2D eigenvalue weighted by atomic mass is 79.9. The van der Waals surface area contributed by atoms with Crippen LogP contribution < -0.4 is 4.74 Å². The molecule has 2 nitrogen and oxygen atoms in total. The molecule has 0 fully saturated rings. The van der Waals surface area contributed by atoms with Crippen molar-refractivity contribution in [2.45, 2.75) is 25.7 Å². The zero-order chi connectivity index (χ0) is 13.6. The summed E-state index contributed by atoms with van der Waals surface area (Å²) in [6.45, 7) is 5.67. The molecule has 0 spiro atoms. The van der Waals surface area contributed by atoms with Crippen molar-refractivity contribution in [1.82, 2.24) is 0 Å². The molecule has 1 aromatic carbocycles. The Labute approximate surface area is 126 Å². The molecule has 18 heavy (non-hydrogen) atoms. The van der Waals surface area contributed by atoms with Crippen molar-refractivity contribution in [1.29, 1.82) is 0 Å². The van der Waals surface area contributed by atoms with Crippen LogP contribution in [-0.2, 0) is 10.2 Å². The number of methoxy groups -OCH3 is 1. The van der Waals surface area contributed by atoms with Crippen LogP contribution in [0.2, 0.25) is 0 Å². The summed E-state index contributed by atoms with van der Waals surface area (Å²) in [5, 5.41) is 1.00. The summed E-state index contributed by atoms with van der Waals surface area (Å²) in [6.07, 6.45) is 1.10. The molecule has 0 atom stereocenters. The van der Waals surface area contributed by atoms with Gasteiger partial charge in [0.1, 0.15) is 12.4 Å². The Hall–Kier alpha value is -0.0600. The molecule has 0 aliphatic heterocycles. The van der Waals surface area contributed by atoms with Gasteiger partial charge in [-0.1, -0.05) is 35.8 Å². The van der Waals surface area contributed by atoms with Crippen molar-refractivity contribution < 1.29 is 9.47 Å². The summed E-state index contributed by atoms with van der Waals surface area (Å²) in [4.78, 5) is 0. The number of ether oxygens (including phenoxy) is 2. The van der Waals surface area contributed by atoms with Gasteiger partial charge in [-0.05, 0) is 45.5 Å². The van der Waals surface area contributed by atoms with Crippen LogP contribution in [-0.4, -0.2) is 25.7 Å². The Bertz CT molecular complexity index is 378. The topological polar surface area (TPSA) is 18.5 Å². The summed E-state index contributed by atoms with van der Waals surface area (Å²) >= 11 is 7.07. The Morgan fingerprint density at radius 1 is 1.22 bits per heavy atom. The van der Waals surface area contributed by atoms with E-state index in [9.17, 15) is 0 Å². The Balaban J connectivity index is 2.78. The predicted octanol–water partition coefficient (Wildman–Crippen LogP) is 4.54. The monoisotopic (exact) mass is 378 g/mol. The van der Waals surface area contributed by atoms with Gasteiger partial charge in [-0.3, -0.25) is 0 Å². The number of alkyl halides is 1. The number of halogens is 2. The van der Waals surface area contributed by atoms with Crippen molar-refractivity contribution in [2.75, 3.05) is 25.7 Å². The second-order valence-corrected chi connectivity index (χ2v) is 6.46. The standard InChI is InChI=1S/C14H20Br2O2/c1-14(2,6-7-15)11-4-5-13(12(16)10-11)18-9-8-17-3/h4-5,10H,6-9H2,1-3H3. The molecule has 0 saturated carbocycles. The molecule has 0 aliphatic rings. The van der Waals surface area contributed by atoms with E-state index in [0.29, 0.717) is 13.2 Å². The van der Waals surface area contributed by atoms with Crippen LogP contribution in [0.1, 0.15) is 25.8 Å². The van der Waals surface area contributed by atoms with Crippen molar-refractivity contribution >= 4 is 31.9 Å². The molecule has 0 heterocycles. The Morgan fingerprint density at radius 3 is 2.50 bits per heavy atom. The summed E-state index contributed by atoms with van der Waals surface area (Å²) in [7, 11) is 1.67. The minimum atomic E-state index is 0.164. The van der Waals surface area contributed by atoms with E-state index in [0.717, 1.165) is 22.0 Å². The van der Waals surface area contributed by atoms with E-state index >= 15 is 0 Å². The second-order valence-electron chi connectivity index (χ2n) is 4.81. The smallest absolute Gasteiger partial charge is 0.133 e. The highest BCUT2D eigenvalue weighted by Gasteiger charge is 2.20. The zero-order valence-corrected chi connectivity index (χ0v) is 14.3. The van der Waals surface area contributed by atoms with E-state index in [-0.39, 0.29) is 5.41 Å². The lowest BCUT2D eigenvalue weighted by Gasteiger charge is -2.25. The summed E-state index contributed by atoms with van der Waals surface area (Å²) in [5.41, 5.74) is 1.48. The molecular formula is C14H20Br2O2. The number of benzene rings is 1. The van der Waals surface area contributed by atoms with Gasteiger partial charge in [-0.2, -0.15) is 0 Å². The van der Waals surface area contributed by atoms with E-state index in [4.69, 9.17) is 9.47 Å². The molecule has 102 valence electrons. The lowest BCUT2D eigenvalue weighted by Crippen LogP contribution is -2.17. The molecule has 0 aromatic heterocycles. The van der Waals surface area contributed by atoms with Gasteiger partial charge < -0.3 is 9.47 Å². The van der Waals surface area contributed by atoms with E-state index < -0.39 is 0 Å². The normalized spacial score (nSPS) is 11.6. The largest absolute Gasteiger partial charge is 0.490 e. The van der Waals surface area contributed by atoms with Crippen LogP contribution in [0.15, 0.2) is 22.7 Å². The van der Waals surface area contributed by atoms with E-state index in [1.165, 1.54) is 5.56 Å². The highest BCUT2D eigenvalue weighted by Crippen LogP contribution is 2.33. The fourth-order valence-corrected chi connectivity index (χ4v) is 3.14. The van der Waals surface area contributed by atoms with E-state index in [1.807, 2.05) is 6.07 Å². The highest BCUT2D eigenvalue weighted by molar-refractivity contribution is 9.10. The molecular weight excluding hydrogens is 360 g/mol. The molecule has 0 unspecified atom stereocenters. The maximum absolute atomic E-state index is 5.62. The molecule has 1 aromatic rings. The first-order chi connectivity index (χ1) is 8.51. The fraction of sp³-hybridized carbons (Fsp3) is 0.571. The molecule has 4 heteroatoms. The third kappa shape index (κ3) is 4.56. The minimum absolute atomic E-state index is 0.164. The molecule has 0 N–H and O–H groups in total. The average molecular weight is 380 g/mol. The second kappa shape index (κ2) is 7.51. The maximum Gasteiger partial charge on any atom is 0.133 e. The van der Waals surface area contributed by atoms with Crippen LogP contribution in [0.3, 0.4) is 0 Å². The van der Waals surface area contributed by atoms with Crippen molar-refractivity contribution in [3.63, 3.8) is 0 Å². The first kappa shape index (κ1) is 16.0. The van der Waals surface area contributed by atoms with Gasteiger partial charge in [0.05, 0.1) is 11.1 Å². The van der Waals surface area contributed by atoms with Gasteiger partial charge in [0, 0.05) is 12.4 Å². The van der Waals surface area contributed by atoms with Gasteiger partial charge >= 0.3 is 0 Å². The van der Waals surface area contributed by atoms with Gasteiger partial charge in [-0.25, -0.2) is 0 Å². The number of rotatable bonds is 7. The average Bonchev–Trinajstić information content (AvgIpc) is 2.31. The van der Waals surface area contributed by atoms with Crippen LogP contribution in [0.25, 0.3) is 0 Å². The molecule has 0 bridgehead atoms. The third-order valence-corrected chi connectivity index (χ3v) is 3.99. The van der Waals surface area contributed by atoms with Crippen LogP contribution in [0, 0.1) is 0 Å². The quantitative estimate of drug-likeness (QED) is 0.511. The van der Waals surface area contributed by atoms with Crippen LogP contribution in [0.4, 0.5) is 0 Å². The predicted molar refractivity (Wildman–Crippen MR) is 83.0 cm³/mol. The van der Waals surface area contributed by atoms with Crippen LogP contribution >= 0.6 is 31.9 Å². The van der Waals surface area contributed by atoms with Gasteiger partial charge in [0.2, 0.25) is 0 Å². The number of hydrogen-bond donors (Lipinski definition) is 0. The maximum atomic E-state index is 5.62. The van der Waals surface area contributed by atoms with E-state index in [2.05, 4.69) is 57.8 Å². The molecule has 0 saturated heterocycles. The molecule has 0 radical (unpaired) electrons. The van der Waals surface area contributed by atoms with Crippen molar-refractivity contribution in [2.24, 2.45) is 0 Å². The lowest BCUT2D eigenvalue weighted by molar-refractivity contribution is 0.146. The molecule has 0 amide bonds. The summed E-state index contributed by atoms with van der Waals surface area (Å²) in [5.74, 6) is 0.866. The summed E-state index contributed by atoms with van der Waals surface area (Å²) < 4.78 is 11.6. The Morgan fingerprint density at radius 2 is 1.94 bits per heavy atom. The van der Waals surface area contributed by atoms with Gasteiger partial charge in [0.15, 0.2) is 0 Å².